The van der Waals surface area contributed by atoms with Crippen LogP contribution >= 0.6 is 0 Å². The summed E-state index contributed by atoms with van der Waals surface area (Å²) in [5, 5.41) is 18.9. The maximum absolute atomic E-state index is 14.5. The summed E-state index contributed by atoms with van der Waals surface area (Å²) < 4.78 is 6.34. The van der Waals surface area contributed by atoms with Crippen LogP contribution in [0.2, 0.25) is 0 Å². The van der Waals surface area contributed by atoms with Gasteiger partial charge in [0, 0.05) is 68.1 Å². The first-order chi connectivity index (χ1) is 29.4. The summed E-state index contributed by atoms with van der Waals surface area (Å²) in [5.74, 6) is -0.0954. The van der Waals surface area contributed by atoms with Gasteiger partial charge in [-0.3, -0.25) is 9.59 Å². The van der Waals surface area contributed by atoms with E-state index < -0.39 is 6.09 Å². The fourth-order valence-electron chi connectivity index (χ4n) is 7.42. The molecule has 0 bridgehead atoms. The molecule has 0 unspecified atom stereocenters. The minimum Gasteiger partial charge on any atom is -0.508 e. The van der Waals surface area contributed by atoms with Crippen molar-refractivity contribution in [2.45, 2.75) is 25.5 Å². The molecule has 0 aliphatic carbocycles. The van der Waals surface area contributed by atoms with E-state index in [-0.39, 0.29) is 30.1 Å². The van der Waals surface area contributed by atoms with Crippen molar-refractivity contribution in [1.29, 1.82) is 0 Å². The normalized spacial score (nSPS) is 13.1. The molecule has 2 amide bonds. The van der Waals surface area contributed by atoms with Gasteiger partial charge in [-0.1, -0.05) is 121 Å². The summed E-state index contributed by atoms with van der Waals surface area (Å²) in [6.45, 7) is 4.68. The number of ketones is 1. The van der Waals surface area contributed by atoms with Crippen molar-refractivity contribution < 1.29 is 24.2 Å². The number of rotatable bonds is 17. The lowest BCUT2D eigenvalue weighted by Gasteiger charge is -2.34. The van der Waals surface area contributed by atoms with Crippen molar-refractivity contribution in [3.05, 3.63) is 174 Å². The van der Waals surface area contributed by atoms with Crippen molar-refractivity contribution in [2.75, 3.05) is 50.7 Å². The van der Waals surface area contributed by atoms with E-state index in [9.17, 15) is 19.5 Å². The van der Waals surface area contributed by atoms with Crippen LogP contribution in [0.25, 0.3) is 22.3 Å². The molecule has 0 atom stereocenters. The summed E-state index contributed by atoms with van der Waals surface area (Å²) in [4.78, 5) is 44.3. The molecule has 10 heteroatoms. The Bertz CT molecular complexity index is 2250. The number of anilines is 2. The summed E-state index contributed by atoms with van der Waals surface area (Å²) >= 11 is 0. The molecule has 1 aliphatic rings. The lowest BCUT2D eigenvalue weighted by atomic mass is 10.00. The molecule has 60 heavy (non-hydrogen) atoms. The molecule has 1 fully saturated rings. The van der Waals surface area contributed by atoms with Gasteiger partial charge >= 0.3 is 6.09 Å². The molecular formula is C50H51N5O5. The Balaban J connectivity index is 0.893. The van der Waals surface area contributed by atoms with E-state index in [1.165, 1.54) is 0 Å². The number of piperidine rings is 1. The third-order valence-corrected chi connectivity index (χ3v) is 10.6. The quantitative estimate of drug-likeness (QED) is 0.0536. The Kier molecular flexibility index (Phi) is 14.5. The second-order valence-electron chi connectivity index (χ2n) is 14.8. The molecule has 6 aromatic carbocycles. The Morgan fingerprint density at radius 1 is 0.633 bits per heavy atom. The summed E-state index contributed by atoms with van der Waals surface area (Å²) in [5.41, 5.74) is 7.32. The zero-order valence-corrected chi connectivity index (χ0v) is 33.6. The molecule has 1 aliphatic heterocycles. The average Bonchev–Trinajstić information content (AvgIpc) is 3.30. The highest BCUT2D eigenvalue weighted by molar-refractivity contribution is 6.04. The third-order valence-electron chi connectivity index (χ3n) is 10.6. The van der Waals surface area contributed by atoms with E-state index in [2.05, 4.69) is 45.1 Å². The first-order valence-corrected chi connectivity index (χ1v) is 20.6. The third kappa shape index (κ3) is 11.1. The van der Waals surface area contributed by atoms with Crippen LogP contribution in [0.15, 0.2) is 158 Å². The van der Waals surface area contributed by atoms with Crippen molar-refractivity contribution in [3.8, 4) is 28.0 Å². The van der Waals surface area contributed by atoms with Gasteiger partial charge in [-0.2, -0.15) is 0 Å². The Hall–Kier alpha value is -6.59. The maximum atomic E-state index is 14.5. The SMILES string of the molecule is O=C(CNCCN1CCC(OC(=O)N(c2ccccc2-c2ccccc2)c2ccccc2-c2ccccc2)CC1)c1cccc(C(=O)NCCNCc2ccc(O)cc2)c1. The van der Waals surface area contributed by atoms with E-state index in [0.29, 0.717) is 50.1 Å². The van der Waals surface area contributed by atoms with Crippen LogP contribution in [0.3, 0.4) is 0 Å². The van der Waals surface area contributed by atoms with Gasteiger partial charge in [0.1, 0.15) is 11.9 Å². The van der Waals surface area contributed by atoms with Crippen LogP contribution in [0.1, 0.15) is 39.1 Å². The number of Topliss-reactive ketones (excluding diaryl/α,β-unsaturated/α-hetero) is 1. The molecule has 1 saturated heterocycles. The number of nitrogens with one attached hydrogen (secondary N) is 3. The van der Waals surface area contributed by atoms with Crippen molar-refractivity contribution >= 4 is 29.2 Å². The molecule has 0 saturated carbocycles. The van der Waals surface area contributed by atoms with Crippen LogP contribution in [-0.4, -0.2) is 79.7 Å². The maximum Gasteiger partial charge on any atom is 0.419 e. The van der Waals surface area contributed by atoms with Crippen molar-refractivity contribution in [2.24, 2.45) is 0 Å². The number of benzene rings is 6. The van der Waals surface area contributed by atoms with Crippen LogP contribution < -0.4 is 20.9 Å². The Morgan fingerprint density at radius 3 is 1.85 bits per heavy atom. The Labute approximate surface area is 351 Å². The predicted molar refractivity (Wildman–Crippen MR) is 238 cm³/mol. The average molecular weight is 802 g/mol. The van der Waals surface area contributed by atoms with Gasteiger partial charge < -0.3 is 30.7 Å². The van der Waals surface area contributed by atoms with Crippen LogP contribution in [0.4, 0.5) is 16.2 Å². The number of hydrogen-bond acceptors (Lipinski definition) is 8. The standard InChI is InChI=1S/C50H51N5O5/c56-42-24-22-37(23-25-42)35-51-28-29-53-49(58)41-17-11-16-40(34-41)48(57)36-52-30-33-54-31-26-43(27-32-54)60-50(59)55(46-20-9-7-18-44(46)38-12-3-1-4-13-38)47-21-10-8-19-45(47)39-14-5-2-6-15-39/h1-25,34,43,51-52,56H,26-33,35-36H2,(H,53,58). The van der Waals surface area contributed by atoms with E-state index in [1.54, 1.807) is 41.3 Å². The number of phenolic OH excluding ortho intramolecular Hbond substituents is 1. The van der Waals surface area contributed by atoms with Crippen molar-refractivity contribution in [3.63, 3.8) is 0 Å². The van der Waals surface area contributed by atoms with Gasteiger partial charge in [0.05, 0.1) is 17.9 Å². The van der Waals surface area contributed by atoms with Gasteiger partial charge in [-0.25, -0.2) is 9.69 Å². The molecule has 10 nitrogen and oxygen atoms in total. The lowest BCUT2D eigenvalue weighted by molar-refractivity contribution is 0.0566. The van der Waals surface area contributed by atoms with Crippen LogP contribution in [-0.2, 0) is 11.3 Å². The number of para-hydroxylation sites is 2. The highest BCUT2D eigenvalue weighted by Crippen LogP contribution is 2.40. The number of amides is 2. The van der Waals surface area contributed by atoms with Crippen molar-refractivity contribution in [1.82, 2.24) is 20.9 Å². The number of likely N-dealkylation sites (tertiary alicyclic amines) is 1. The molecule has 4 N–H and O–H groups in total. The number of carbonyl (C=O) groups excluding carboxylic acids is 3. The first kappa shape index (κ1) is 41.6. The first-order valence-electron chi connectivity index (χ1n) is 20.6. The number of aromatic hydroxyl groups is 1. The largest absolute Gasteiger partial charge is 0.508 e. The number of carbonyl (C=O) groups is 3. The highest BCUT2D eigenvalue weighted by Gasteiger charge is 2.29. The summed E-state index contributed by atoms with van der Waals surface area (Å²) in [7, 11) is 0. The minimum absolute atomic E-state index is 0.0851. The summed E-state index contributed by atoms with van der Waals surface area (Å²) in [6, 6.07) is 49.8. The lowest BCUT2D eigenvalue weighted by Crippen LogP contribution is -2.42. The second-order valence-corrected chi connectivity index (χ2v) is 14.8. The van der Waals surface area contributed by atoms with E-state index in [4.69, 9.17) is 4.74 Å². The van der Waals surface area contributed by atoms with Gasteiger partial charge in [-0.05, 0) is 65.9 Å². The predicted octanol–water partition coefficient (Wildman–Crippen LogP) is 8.46. The van der Waals surface area contributed by atoms with E-state index in [0.717, 1.165) is 58.8 Å². The molecule has 0 radical (unpaired) electrons. The van der Waals surface area contributed by atoms with Gasteiger partial charge in [0.2, 0.25) is 0 Å². The zero-order chi connectivity index (χ0) is 41.5. The number of phenols is 1. The topological polar surface area (TPSA) is 123 Å². The number of nitrogens with zero attached hydrogens (tertiary/aromatic N) is 2. The van der Waals surface area contributed by atoms with Gasteiger partial charge in [0.15, 0.2) is 5.78 Å². The molecule has 7 rings (SSSR count). The number of ether oxygens (including phenoxy) is 1. The highest BCUT2D eigenvalue weighted by atomic mass is 16.6. The molecule has 0 spiro atoms. The van der Waals surface area contributed by atoms with E-state index >= 15 is 0 Å². The zero-order valence-electron chi connectivity index (χ0n) is 33.6. The number of hydrogen-bond donors (Lipinski definition) is 4. The minimum atomic E-state index is -0.416. The van der Waals surface area contributed by atoms with Gasteiger partial charge in [0.25, 0.3) is 5.91 Å². The fourth-order valence-corrected chi connectivity index (χ4v) is 7.42. The molecular weight excluding hydrogens is 751 g/mol. The molecule has 306 valence electrons. The van der Waals surface area contributed by atoms with E-state index in [1.807, 2.05) is 97.1 Å². The smallest absolute Gasteiger partial charge is 0.419 e. The van der Waals surface area contributed by atoms with Gasteiger partial charge in [-0.15, -0.1) is 0 Å². The second kappa shape index (κ2) is 20.9. The molecule has 0 aromatic heterocycles. The van der Waals surface area contributed by atoms with Crippen LogP contribution in [0.5, 0.6) is 5.75 Å². The van der Waals surface area contributed by atoms with Crippen LogP contribution in [0, 0.1) is 0 Å². The molecule has 6 aromatic rings. The molecule has 1 heterocycles. The fraction of sp³-hybridized carbons (Fsp3) is 0.220. The summed E-state index contributed by atoms with van der Waals surface area (Å²) in [6.07, 6.45) is 0.733. The Morgan fingerprint density at radius 2 is 1.22 bits per heavy atom. The monoisotopic (exact) mass is 801 g/mol.